The van der Waals surface area contributed by atoms with Crippen LogP contribution in [0.25, 0.3) is 0 Å². The van der Waals surface area contributed by atoms with Crippen molar-refractivity contribution in [1.29, 1.82) is 0 Å². The molecule has 1 aromatic rings. The lowest BCUT2D eigenvalue weighted by Gasteiger charge is -2.61. The summed E-state index contributed by atoms with van der Waals surface area (Å²) < 4.78 is 5.58. The van der Waals surface area contributed by atoms with Gasteiger partial charge in [-0.15, -0.1) is 0 Å². The molecule has 1 heterocycles. The Morgan fingerprint density at radius 2 is 1.74 bits per heavy atom. The predicted octanol–water partition coefficient (Wildman–Crippen LogP) is 5.68. The third-order valence-corrected chi connectivity index (χ3v) is 11.9. The van der Waals surface area contributed by atoms with E-state index in [4.69, 9.17) is 4.74 Å². The Kier molecular flexibility index (Phi) is 6.99. The van der Waals surface area contributed by atoms with Crippen molar-refractivity contribution in [3.05, 3.63) is 35.9 Å². The van der Waals surface area contributed by atoms with E-state index in [0.29, 0.717) is 30.2 Å². The van der Waals surface area contributed by atoms with E-state index >= 15 is 0 Å². The van der Waals surface area contributed by atoms with Crippen LogP contribution >= 0.6 is 0 Å². The molecule has 208 valence electrons. The number of nitrogens with zero attached hydrogens (tertiary/aromatic N) is 1. The first-order valence-corrected chi connectivity index (χ1v) is 15.3. The number of aliphatic hydroxyl groups is 1. The number of rotatable bonds is 4. The fourth-order valence-electron chi connectivity index (χ4n) is 9.80. The van der Waals surface area contributed by atoms with Gasteiger partial charge in [-0.3, -0.25) is 9.69 Å². The van der Waals surface area contributed by atoms with Crippen molar-refractivity contribution >= 4 is 12.0 Å². The highest BCUT2D eigenvalue weighted by molar-refractivity contribution is 5.86. The van der Waals surface area contributed by atoms with Crippen LogP contribution in [0, 0.1) is 34.5 Å². The van der Waals surface area contributed by atoms with Gasteiger partial charge in [-0.2, -0.15) is 0 Å². The average molecular weight is 523 g/mol. The molecule has 6 rings (SSSR count). The summed E-state index contributed by atoms with van der Waals surface area (Å²) in [6.45, 7) is 5.77. The Labute approximate surface area is 227 Å². The van der Waals surface area contributed by atoms with Gasteiger partial charge in [0, 0.05) is 12.6 Å². The maximum absolute atomic E-state index is 13.6. The van der Waals surface area contributed by atoms with Crippen LogP contribution in [0.1, 0.15) is 90.0 Å². The van der Waals surface area contributed by atoms with Crippen molar-refractivity contribution in [3.63, 3.8) is 0 Å². The molecule has 5 fully saturated rings. The normalized spacial score (nSPS) is 42.1. The van der Waals surface area contributed by atoms with Crippen LogP contribution in [-0.2, 0) is 16.1 Å². The zero-order chi connectivity index (χ0) is 26.5. The lowest BCUT2D eigenvalue weighted by atomic mass is 9.45. The standard InChI is InChI=1S/C32H46N2O4/c1-31-16-14-23(35)19-22(31)10-11-24-25-12-13-28(32(25,2)17-15-26(24)31)33-29(36)27-9-6-18-34(27)30(37)38-20-21-7-4-3-5-8-21/h3-5,7-8,22-28,35H,6,9-20H2,1-2H3,(H,33,36)/t22-,23+,24+,25+,26+,27+,28+,31+,32+/m1/s1. The van der Waals surface area contributed by atoms with Gasteiger partial charge in [0.15, 0.2) is 0 Å². The maximum atomic E-state index is 13.6. The van der Waals surface area contributed by atoms with Gasteiger partial charge in [0.1, 0.15) is 12.6 Å². The molecule has 2 N–H and O–H groups in total. The number of amides is 2. The van der Waals surface area contributed by atoms with E-state index in [1.807, 2.05) is 30.3 Å². The quantitative estimate of drug-likeness (QED) is 0.534. The van der Waals surface area contributed by atoms with Crippen LogP contribution in [-0.4, -0.2) is 46.7 Å². The third-order valence-electron chi connectivity index (χ3n) is 11.9. The Hall–Kier alpha value is -2.08. The van der Waals surface area contributed by atoms with E-state index in [9.17, 15) is 14.7 Å². The summed E-state index contributed by atoms with van der Waals surface area (Å²) in [7, 11) is 0. The Morgan fingerprint density at radius 1 is 0.974 bits per heavy atom. The first kappa shape index (κ1) is 26.2. The molecule has 0 spiro atoms. The van der Waals surface area contributed by atoms with Crippen LogP contribution in [0.15, 0.2) is 30.3 Å². The second kappa shape index (κ2) is 10.1. The van der Waals surface area contributed by atoms with E-state index in [2.05, 4.69) is 19.2 Å². The number of aliphatic hydroxyl groups excluding tert-OH is 1. The summed E-state index contributed by atoms with van der Waals surface area (Å²) in [6, 6.07) is 9.45. The molecule has 6 nitrogen and oxygen atoms in total. The van der Waals surface area contributed by atoms with Gasteiger partial charge in [0.25, 0.3) is 0 Å². The zero-order valence-electron chi connectivity index (χ0n) is 23.2. The molecule has 4 saturated carbocycles. The summed E-state index contributed by atoms with van der Waals surface area (Å²) in [5.74, 6) is 2.83. The monoisotopic (exact) mass is 522 g/mol. The summed E-state index contributed by atoms with van der Waals surface area (Å²) >= 11 is 0. The van der Waals surface area contributed by atoms with Crippen molar-refractivity contribution in [3.8, 4) is 0 Å². The number of hydrogen-bond acceptors (Lipinski definition) is 4. The number of hydrogen-bond donors (Lipinski definition) is 2. The number of likely N-dealkylation sites (tertiary alicyclic amines) is 1. The first-order chi connectivity index (χ1) is 18.3. The summed E-state index contributed by atoms with van der Waals surface area (Å²) in [5.41, 5.74) is 1.45. The van der Waals surface area contributed by atoms with Crippen LogP contribution < -0.4 is 5.32 Å². The summed E-state index contributed by atoms with van der Waals surface area (Å²) in [4.78, 5) is 28.1. The molecular formula is C32H46N2O4. The molecule has 38 heavy (non-hydrogen) atoms. The number of nitrogens with one attached hydrogen (secondary N) is 1. The smallest absolute Gasteiger partial charge is 0.410 e. The topological polar surface area (TPSA) is 78.9 Å². The maximum Gasteiger partial charge on any atom is 0.410 e. The molecule has 1 aromatic carbocycles. The number of carbonyl (C=O) groups is 2. The Bertz CT molecular complexity index is 1030. The van der Waals surface area contributed by atoms with E-state index in [-0.39, 0.29) is 36.2 Å². The molecule has 1 saturated heterocycles. The minimum absolute atomic E-state index is 0.00472. The van der Waals surface area contributed by atoms with Crippen LogP contribution in [0.5, 0.6) is 0 Å². The predicted molar refractivity (Wildman–Crippen MR) is 146 cm³/mol. The van der Waals surface area contributed by atoms with Gasteiger partial charge >= 0.3 is 6.09 Å². The van der Waals surface area contributed by atoms with Crippen molar-refractivity contribution in [1.82, 2.24) is 10.2 Å². The lowest BCUT2D eigenvalue weighted by Crippen LogP contribution is -2.57. The highest BCUT2D eigenvalue weighted by atomic mass is 16.6. The number of ether oxygens (including phenoxy) is 1. The Morgan fingerprint density at radius 3 is 2.55 bits per heavy atom. The molecule has 9 atom stereocenters. The number of carbonyl (C=O) groups excluding carboxylic acids is 2. The van der Waals surface area contributed by atoms with Gasteiger partial charge < -0.3 is 15.2 Å². The first-order valence-electron chi connectivity index (χ1n) is 15.3. The molecule has 4 aliphatic carbocycles. The number of fused-ring (bicyclic) bond motifs is 5. The fraction of sp³-hybridized carbons (Fsp3) is 0.750. The van der Waals surface area contributed by atoms with E-state index < -0.39 is 6.04 Å². The van der Waals surface area contributed by atoms with Gasteiger partial charge in [-0.25, -0.2) is 4.79 Å². The Balaban J connectivity index is 1.09. The summed E-state index contributed by atoms with van der Waals surface area (Å²) in [5, 5.41) is 13.8. The molecule has 1 aliphatic heterocycles. The van der Waals surface area contributed by atoms with E-state index in [1.165, 1.54) is 38.5 Å². The van der Waals surface area contributed by atoms with Crippen molar-refractivity contribution < 1.29 is 19.4 Å². The summed E-state index contributed by atoms with van der Waals surface area (Å²) in [6.07, 6.45) is 11.4. The molecule has 6 heteroatoms. The highest BCUT2D eigenvalue weighted by Crippen LogP contribution is 2.66. The van der Waals surface area contributed by atoms with Gasteiger partial charge in [0.05, 0.1) is 6.10 Å². The number of benzene rings is 1. The molecular weight excluding hydrogens is 476 g/mol. The highest BCUT2D eigenvalue weighted by Gasteiger charge is 2.60. The second-order valence-corrected chi connectivity index (χ2v) is 13.7. The molecule has 2 amide bonds. The molecule has 0 aromatic heterocycles. The van der Waals surface area contributed by atoms with Crippen molar-refractivity contribution in [2.45, 2.75) is 109 Å². The lowest BCUT2D eigenvalue weighted by molar-refractivity contribution is -0.132. The second-order valence-electron chi connectivity index (χ2n) is 13.7. The molecule has 0 bridgehead atoms. The largest absolute Gasteiger partial charge is 0.445 e. The molecule has 5 aliphatic rings. The zero-order valence-corrected chi connectivity index (χ0v) is 23.2. The molecule has 0 unspecified atom stereocenters. The van der Waals surface area contributed by atoms with Crippen molar-refractivity contribution in [2.24, 2.45) is 34.5 Å². The van der Waals surface area contributed by atoms with Crippen LogP contribution in [0.3, 0.4) is 0 Å². The van der Waals surface area contributed by atoms with Crippen LogP contribution in [0.2, 0.25) is 0 Å². The average Bonchev–Trinajstić information content (AvgIpc) is 3.53. The van der Waals surface area contributed by atoms with Gasteiger partial charge in [0.2, 0.25) is 5.91 Å². The van der Waals surface area contributed by atoms with E-state index in [1.54, 1.807) is 4.90 Å². The third kappa shape index (κ3) is 4.45. The SMILES string of the molecule is C[C@]12CC[C@H](O)C[C@H]1CC[C@@H]1[C@@H]2CC[C@]2(C)[C@@H](NC(=O)[C@@H]3CCCN3C(=O)OCc3ccccc3)CC[C@@H]12. The fourth-order valence-corrected chi connectivity index (χ4v) is 9.80. The van der Waals surface area contributed by atoms with Gasteiger partial charge in [-0.1, -0.05) is 44.2 Å². The van der Waals surface area contributed by atoms with Crippen LogP contribution in [0.4, 0.5) is 4.79 Å². The van der Waals surface area contributed by atoms with Crippen molar-refractivity contribution in [2.75, 3.05) is 6.54 Å². The minimum atomic E-state index is -0.430. The van der Waals surface area contributed by atoms with Gasteiger partial charge in [-0.05, 0) is 111 Å². The van der Waals surface area contributed by atoms with E-state index in [0.717, 1.165) is 43.1 Å². The minimum Gasteiger partial charge on any atom is -0.445 e. The molecule has 0 radical (unpaired) electrons.